The number of nitrogens with zero attached hydrogens (tertiary/aromatic N) is 1. The van der Waals surface area contributed by atoms with Gasteiger partial charge in [0.05, 0.1) is 27.2 Å². The maximum absolute atomic E-state index is 2.43. The minimum atomic E-state index is 0. The summed E-state index contributed by atoms with van der Waals surface area (Å²) in [5, 5.41) is 0. The summed E-state index contributed by atoms with van der Waals surface area (Å²) in [5.74, 6) is 0. The van der Waals surface area contributed by atoms with Crippen LogP contribution in [0.2, 0.25) is 0 Å². The zero-order valence-corrected chi connectivity index (χ0v) is 29.1. The van der Waals surface area contributed by atoms with Crippen LogP contribution in [0.1, 0.15) is 213 Å². The van der Waals surface area contributed by atoms with E-state index in [0.717, 1.165) is 10.5 Å². The van der Waals surface area contributed by atoms with Crippen LogP contribution >= 0.6 is 0 Å². The molecular weight excluding hydrogens is 494 g/mol. The second-order valence-electron chi connectivity index (χ2n) is 13.9. The molecule has 0 heterocycles. The van der Waals surface area contributed by atoms with E-state index in [9.17, 15) is 0 Å². The number of halogens is 1. The Morgan fingerprint density at radius 2 is 0.487 bits per heavy atom. The topological polar surface area (TPSA) is 0 Å². The minimum Gasteiger partial charge on any atom is -1.00 e. The Labute approximate surface area is 256 Å². The first kappa shape index (κ1) is 41.4. The Hall–Kier alpha value is 0.250. The van der Waals surface area contributed by atoms with Crippen LogP contribution in [0.3, 0.4) is 0 Å². The van der Waals surface area contributed by atoms with Crippen molar-refractivity contribution in [2.45, 2.75) is 219 Å². The first-order valence-corrected chi connectivity index (χ1v) is 18.3. The maximum atomic E-state index is 2.43. The van der Waals surface area contributed by atoms with Gasteiger partial charge in [-0.2, -0.15) is 0 Å². The van der Waals surface area contributed by atoms with Gasteiger partial charge in [0, 0.05) is 0 Å². The molecule has 0 aliphatic heterocycles. The van der Waals surface area contributed by atoms with Crippen molar-refractivity contribution >= 4 is 0 Å². The summed E-state index contributed by atoms with van der Waals surface area (Å²) in [6.45, 7) is 4.62. The van der Waals surface area contributed by atoms with E-state index in [2.05, 4.69) is 35.0 Å². The fourth-order valence-corrected chi connectivity index (χ4v) is 6.24. The van der Waals surface area contributed by atoms with Crippen LogP contribution < -0.4 is 12.4 Å². The van der Waals surface area contributed by atoms with Gasteiger partial charge in [0.25, 0.3) is 0 Å². The van der Waals surface area contributed by atoms with Gasteiger partial charge < -0.3 is 16.9 Å². The molecular formula is C37H78ClN. The molecule has 39 heavy (non-hydrogen) atoms. The van der Waals surface area contributed by atoms with Crippen molar-refractivity contribution in [3.05, 3.63) is 0 Å². The summed E-state index contributed by atoms with van der Waals surface area (Å²) in [7, 11) is 7.29. The van der Waals surface area contributed by atoms with Crippen molar-refractivity contribution in [2.75, 3.05) is 21.1 Å². The Bertz CT molecular complexity index is 430. The summed E-state index contributed by atoms with van der Waals surface area (Å²) < 4.78 is 1.16. The SMILES string of the molecule is CCCCCCCCCCCCCCCCCC(CCCCCCCCCCCCCCCC)[N+](C)(C)C.[Cl-]. The molecule has 238 valence electrons. The van der Waals surface area contributed by atoms with Gasteiger partial charge in [0.15, 0.2) is 0 Å². The van der Waals surface area contributed by atoms with Crippen molar-refractivity contribution in [3.8, 4) is 0 Å². The predicted molar refractivity (Wildman–Crippen MR) is 176 cm³/mol. The number of unbranched alkanes of at least 4 members (excludes halogenated alkanes) is 27. The average Bonchev–Trinajstić information content (AvgIpc) is 2.89. The second-order valence-corrected chi connectivity index (χ2v) is 13.9. The third kappa shape index (κ3) is 32.6. The van der Waals surface area contributed by atoms with Crippen LogP contribution in [0.25, 0.3) is 0 Å². The molecule has 2 heteroatoms. The zero-order valence-electron chi connectivity index (χ0n) is 28.3. The first-order chi connectivity index (χ1) is 18.5. The van der Waals surface area contributed by atoms with Gasteiger partial charge >= 0.3 is 0 Å². The summed E-state index contributed by atoms with van der Waals surface area (Å²) in [6.07, 6.45) is 45.4. The molecule has 0 radical (unpaired) electrons. The Morgan fingerprint density at radius 3 is 0.667 bits per heavy atom. The molecule has 0 aromatic carbocycles. The van der Waals surface area contributed by atoms with Crippen molar-refractivity contribution in [1.29, 1.82) is 0 Å². The van der Waals surface area contributed by atoms with E-state index in [0.29, 0.717) is 0 Å². The van der Waals surface area contributed by atoms with E-state index >= 15 is 0 Å². The lowest BCUT2D eigenvalue weighted by atomic mass is 9.97. The number of hydrogen-bond donors (Lipinski definition) is 0. The summed E-state index contributed by atoms with van der Waals surface area (Å²) in [5.41, 5.74) is 0. The molecule has 0 saturated heterocycles. The second kappa shape index (κ2) is 32.8. The average molecular weight is 572 g/mol. The Kier molecular flexibility index (Phi) is 34.8. The van der Waals surface area contributed by atoms with Gasteiger partial charge in [-0.05, 0) is 25.7 Å². The smallest absolute Gasteiger partial charge is 0.0884 e. The van der Waals surface area contributed by atoms with E-state index < -0.39 is 0 Å². The first-order valence-electron chi connectivity index (χ1n) is 18.3. The van der Waals surface area contributed by atoms with Crippen LogP contribution in [0.5, 0.6) is 0 Å². The zero-order chi connectivity index (χ0) is 28.0. The summed E-state index contributed by atoms with van der Waals surface area (Å²) in [6, 6.07) is 0.870. The van der Waals surface area contributed by atoms with Gasteiger partial charge in [0.2, 0.25) is 0 Å². The van der Waals surface area contributed by atoms with Gasteiger partial charge in [-0.1, -0.05) is 187 Å². The molecule has 0 bridgehead atoms. The van der Waals surface area contributed by atoms with Crippen LogP contribution in [-0.4, -0.2) is 31.7 Å². The highest BCUT2D eigenvalue weighted by Crippen LogP contribution is 2.21. The third-order valence-electron chi connectivity index (χ3n) is 9.13. The molecule has 0 amide bonds. The molecule has 1 atom stereocenters. The molecule has 0 spiro atoms. The third-order valence-corrected chi connectivity index (χ3v) is 9.13. The van der Waals surface area contributed by atoms with E-state index in [1.807, 2.05) is 0 Å². The lowest BCUT2D eigenvalue weighted by Gasteiger charge is -2.34. The monoisotopic (exact) mass is 572 g/mol. The minimum absolute atomic E-state index is 0. The van der Waals surface area contributed by atoms with Gasteiger partial charge in [-0.15, -0.1) is 0 Å². The molecule has 0 saturated carbocycles. The van der Waals surface area contributed by atoms with Crippen molar-refractivity contribution < 1.29 is 16.9 Å². The van der Waals surface area contributed by atoms with Crippen molar-refractivity contribution in [2.24, 2.45) is 0 Å². The number of quaternary nitrogens is 1. The van der Waals surface area contributed by atoms with Crippen LogP contribution in [0, 0.1) is 0 Å². The fourth-order valence-electron chi connectivity index (χ4n) is 6.24. The molecule has 0 aliphatic rings. The van der Waals surface area contributed by atoms with Gasteiger partial charge in [-0.25, -0.2) is 0 Å². The van der Waals surface area contributed by atoms with Crippen LogP contribution in [0.15, 0.2) is 0 Å². The summed E-state index contributed by atoms with van der Waals surface area (Å²) >= 11 is 0. The molecule has 0 aromatic heterocycles. The largest absolute Gasteiger partial charge is 1.00 e. The van der Waals surface area contributed by atoms with E-state index in [1.54, 1.807) is 0 Å². The normalized spacial score (nSPS) is 12.5. The van der Waals surface area contributed by atoms with Gasteiger partial charge in [0.1, 0.15) is 0 Å². The lowest BCUT2D eigenvalue weighted by molar-refractivity contribution is -0.896. The van der Waals surface area contributed by atoms with Crippen molar-refractivity contribution in [3.63, 3.8) is 0 Å². The maximum Gasteiger partial charge on any atom is 0.0884 e. The molecule has 0 fully saturated rings. The van der Waals surface area contributed by atoms with Gasteiger partial charge in [-0.3, -0.25) is 0 Å². The number of rotatable bonds is 32. The van der Waals surface area contributed by atoms with Crippen LogP contribution in [-0.2, 0) is 0 Å². The fraction of sp³-hybridized carbons (Fsp3) is 1.00. The quantitative estimate of drug-likeness (QED) is 0.0556. The van der Waals surface area contributed by atoms with Crippen molar-refractivity contribution in [1.82, 2.24) is 0 Å². The van der Waals surface area contributed by atoms with E-state index in [-0.39, 0.29) is 12.4 Å². The molecule has 0 aromatic rings. The Morgan fingerprint density at radius 1 is 0.308 bits per heavy atom. The van der Waals surface area contributed by atoms with Crippen LogP contribution in [0.4, 0.5) is 0 Å². The molecule has 0 aliphatic carbocycles. The standard InChI is InChI=1S/C37H78N.ClH/c1-6-8-10-12-14-16-18-20-22-24-26-28-30-32-34-36-37(38(3,4)5)35-33-31-29-27-25-23-21-19-17-15-13-11-9-7-2;/h37H,6-36H2,1-5H3;1H/q+1;/p-1. The molecule has 1 unspecified atom stereocenters. The molecule has 0 rings (SSSR count). The predicted octanol–water partition coefficient (Wildman–Crippen LogP) is 10.2. The highest BCUT2D eigenvalue weighted by Gasteiger charge is 2.22. The van der Waals surface area contributed by atoms with E-state index in [4.69, 9.17) is 0 Å². The molecule has 1 nitrogen and oxygen atoms in total. The summed E-state index contributed by atoms with van der Waals surface area (Å²) in [4.78, 5) is 0. The Balaban J connectivity index is 0. The molecule has 0 N–H and O–H groups in total. The number of hydrogen-bond acceptors (Lipinski definition) is 0. The lowest BCUT2D eigenvalue weighted by Crippen LogP contribution is -3.00. The van der Waals surface area contributed by atoms with E-state index in [1.165, 1.54) is 199 Å². The highest BCUT2D eigenvalue weighted by molar-refractivity contribution is 4.61. The highest BCUT2D eigenvalue weighted by atomic mass is 35.5.